The van der Waals surface area contributed by atoms with Gasteiger partial charge in [-0.15, -0.1) is 0 Å². The second kappa shape index (κ2) is 8.81. The van der Waals surface area contributed by atoms with E-state index in [0.29, 0.717) is 6.42 Å². The summed E-state index contributed by atoms with van der Waals surface area (Å²) in [5.74, 6) is 0.0470. The second-order valence-electron chi connectivity index (χ2n) is 7.30. The number of carbonyl (C=O) groups excluding carboxylic acids is 1. The molecule has 0 unspecified atom stereocenters. The van der Waals surface area contributed by atoms with Crippen LogP contribution < -0.4 is 5.32 Å². The first-order chi connectivity index (χ1) is 13.8. The Kier molecular flexibility index (Phi) is 5.78. The number of amides is 1. The predicted octanol–water partition coefficient (Wildman–Crippen LogP) is 4.21. The topological polar surface area (TPSA) is 45.2 Å². The normalized spacial score (nSPS) is 13.7. The van der Waals surface area contributed by atoms with Crippen LogP contribution >= 0.6 is 0 Å². The zero-order chi connectivity index (χ0) is 19.2. The Morgan fingerprint density at radius 3 is 2.43 bits per heavy atom. The standard InChI is InChI=1S/C24H25N3O/c28-24(12-11-19-7-3-1-4-8-19)26-23-16-25-15-21-18-27(14-13-22(21)23)17-20-9-5-2-6-10-20/h1-10,15-16H,11-14,17-18H2,(H,26,28). The molecule has 0 bridgehead atoms. The molecule has 0 atom stereocenters. The third kappa shape index (κ3) is 4.65. The Balaban J connectivity index is 1.38. The number of anilines is 1. The van der Waals surface area contributed by atoms with Crippen LogP contribution in [0.1, 0.15) is 28.7 Å². The van der Waals surface area contributed by atoms with Crippen molar-refractivity contribution in [2.24, 2.45) is 0 Å². The van der Waals surface area contributed by atoms with Crippen molar-refractivity contribution in [3.05, 3.63) is 95.3 Å². The molecule has 0 radical (unpaired) electrons. The average molecular weight is 371 g/mol. The van der Waals surface area contributed by atoms with Gasteiger partial charge in [0.05, 0.1) is 11.9 Å². The van der Waals surface area contributed by atoms with Crippen molar-refractivity contribution < 1.29 is 4.79 Å². The number of nitrogens with zero attached hydrogens (tertiary/aromatic N) is 2. The summed E-state index contributed by atoms with van der Waals surface area (Å²) in [4.78, 5) is 19.2. The van der Waals surface area contributed by atoms with E-state index >= 15 is 0 Å². The van der Waals surface area contributed by atoms with Crippen molar-refractivity contribution in [1.82, 2.24) is 9.88 Å². The highest BCUT2D eigenvalue weighted by molar-refractivity contribution is 5.91. The zero-order valence-electron chi connectivity index (χ0n) is 16.0. The summed E-state index contributed by atoms with van der Waals surface area (Å²) < 4.78 is 0. The number of rotatable bonds is 6. The van der Waals surface area contributed by atoms with Crippen LogP contribution in [0.25, 0.3) is 0 Å². The molecule has 0 saturated carbocycles. The highest BCUT2D eigenvalue weighted by atomic mass is 16.1. The summed E-state index contributed by atoms with van der Waals surface area (Å²) >= 11 is 0. The summed E-state index contributed by atoms with van der Waals surface area (Å²) in [5.41, 5.74) is 5.82. The molecule has 1 amide bonds. The molecule has 4 nitrogen and oxygen atoms in total. The highest BCUT2D eigenvalue weighted by Crippen LogP contribution is 2.26. The molecule has 1 aliphatic heterocycles. The number of aryl methyl sites for hydroxylation is 1. The summed E-state index contributed by atoms with van der Waals surface area (Å²) in [7, 11) is 0. The van der Waals surface area contributed by atoms with Crippen molar-refractivity contribution in [3.8, 4) is 0 Å². The lowest BCUT2D eigenvalue weighted by molar-refractivity contribution is -0.116. The lowest BCUT2D eigenvalue weighted by Crippen LogP contribution is -2.31. The van der Waals surface area contributed by atoms with E-state index in [2.05, 4.69) is 51.6 Å². The quantitative estimate of drug-likeness (QED) is 0.706. The molecule has 4 rings (SSSR count). The minimum Gasteiger partial charge on any atom is -0.324 e. The number of pyridine rings is 1. The molecule has 1 aromatic heterocycles. The van der Waals surface area contributed by atoms with E-state index < -0.39 is 0 Å². The van der Waals surface area contributed by atoms with Gasteiger partial charge in [-0.25, -0.2) is 0 Å². The van der Waals surface area contributed by atoms with Crippen molar-refractivity contribution in [1.29, 1.82) is 0 Å². The van der Waals surface area contributed by atoms with Gasteiger partial charge < -0.3 is 5.32 Å². The van der Waals surface area contributed by atoms with E-state index in [1.165, 1.54) is 22.3 Å². The maximum Gasteiger partial charge on any atom is 0.224 e. The maximum atomic E-state index is 12.4. The highest BCUT2D eigenvalue weighted by Gasteiger charge is 2.20. The molecule has 2 aromatic carbocycles. The molecular formula is C24H25N3O. The number of hydrogen-bond donors (Lipinski definition) is 1. The fourth-order valence-corrected chi connectivity index (χ4v) is 3.75. The van der Waals surface area contributed by atoms with E-state index in [1.54, 1.807) is 6.20 Å². The average Bonchev–Trinajstić information content (AvgIpc) is 2.74. The first-order valence-corrected chi connectivity index (χ1v) is 9.84. The third-order valence-electron chi connectivity index (χ3n) is 5.23. The molecule has 142 valence electrons. The van der Waals surface area contributed by atoms with Gasteiger partial charge >= 0.3 is 0 Å². The van der Waals surface area contributed by atoms with Gasteiger partial charge in [0.1, 0.15) is 0 Å². The van der Waals surface area contributed by atoms with E-state index in [1.807, 2.05) is 30.5 Å². The largest absolute Gasteiger partial charge is 0.324 e. The fraction of sp³-hybridized carbons (Fsp3) is 0.250. The van der Waals surface area contributed by atoms with E-state index in [-0.39, 0.29) is 5.91 Å². The molecule has 28 heavy (non-hydrogen) atoms. The molecule has 0 saturated heterocycles. The Labute approximate surface area is 166 Å². The molecule has 0 spiro atoms. The minimum absolute atomic E-state index is 0.0470. The summed E-state index contributed by atoms with van der Waals surface area (Å²) in [6.07, 6.45) is 5.88. The molecule has 0 aliphatic carbocycles. The summed E-state index contributed by atoms with van der Waals surface area (Å²) in [6, 6.07) is 20.7. The summed E-state index contributed by atoms with van der Waals surface area (Å²) in [5, 5.41) is 3.08. The monoisotopic (exact) mass is 371 g/mol. The van der Waals surface area contributed by atoms with Crippen molar-refractivity contribution >= 4 is 11.6 Å². The Morgan fingerprint density at radius 2 is 1.68 bits per heavy atom. The van der Waals surface area contributed by atoms with Gasteiger partial charge in [0.2, 0.25) is 5.91 Å². The van der Waals surface area contributed by atoms with Crippen LogP contribution in [0.15, 0.2) is 73.1 Å². The van der Waals surface area contributed by atoms with E-state index in [9.17, 15) is 4.79 Å². The maximum absolute atomic E-state index is 12.4. The van der Waals surface area contributed by atoms with Gasteiger partial charge in [-0.3, -0.25) is 14.7 Å². The number of carbonyl (C=O) groups is 1. The van der Waals surface area contributed by atoms with Crippen LogP contribution in [0.4, 0.5) is 5.69 Å². The fourth-order valence-electron chi connectivity index (χ4n) is 3.75. The summed E-state index contributed by atoms with van der Waals surface area (Å²) in [6.45, 7) is 2.79. The lowest BCUT2D eigenvalue weighted by atomic mass is 9.99. The number of hydrogen-bond acceptors (Lipinski definition) is 3. The molecular weight excluding hydrogens is 346 g/mol. The number of benzene rings is 2. The lowest BCUT2D eigenvalue weighted by Gasteiger charge is -2.29. The van der Waals surface area contributed by atoms with Crippen molar-refractivity contribution in [3.63, 3.8) is 0 Å². The van der Waals surface area contributed by atoms with Gasteiger partial charge in [-0.2, -0.15) is 0 Å². The van der Waals surface area contributed by atoms with E-state index in [0.717, 1.165) is 38.2 Å². The van der Waals surface area contributed by atoms with Crippen LogP contribution in [0.5, 0.6) is 0 Å². The minimum atomic E-state index is 0.0470. The van der Waals surface area contributed by atoms with Crippen molar-refractivity contribution in [2.45, 2.75) is 32.4 Å². The Bertz CT molecular complexity index is 925. The van der Waals surface area contributed by atoms with Crippen LogP contribution in [0.3, 0.4) is 0 Å². The number of fused-ring (bicyclic) bond motifs is 1. The Hall–Kier alpha value is -2.98. The molecule has 4 heteroatoms. The van der Waals surface area contributed by atoms with Gasteiger partial charge in [0, 0.05) is 32.3 Å². The van der Waals surface area contributed by atoms with Crippen LogP contribution in [0.2, 0.25) is 0 Å². The van der Waals surface area contributed by atoms with Gasteiger partial charge in [-0.1, -0.05) is 60.7 Å². The predicted molar refractivity (Wildman–Crippen MR) is 112 cm³/mol. The smallest absolute Gasteiger partial charge is 0.224 e. The van der Waals surface area contributed by atoms with E-state index in [4.69, 9.17) is 0 Å². The van der Waals surface area contributed by atoms with Crippen LogP contribution in [-0.2, 0) is 30.7 Å². The second-order valence-corrected chi connectivity index (χ2v) is 7.30. The zero-order valence-corrected chi connectivity index (χ0v) is 16.0. The molecule has 1 N–H and O–H groups in total. The molecule has 1 aliphatic rings. The van der Waals surface area contributed by atoms with Gasteiger partial charge in [-0.05, 0) is 35.1 Å². The molecule has 3 aromatic rings. The van der Waals surface area contributed by atoms with Crippen LogP contribution in [-0.4, -0.2) is 22.3 Å². The number of nitrogens with one attached hydrogen (secondary N) is 1. The molecule has 2 heterocycles. The Morgan fingerprint density at radius 1 is 0.964 bits per heavy atom. The first-order valence-electron chi connectivity index (χ1n) is 9.84. The van der Waals surface area contributed by atoms with Gasteiger partial charge in [0.15, 0.2) is 0 Å². The van der Waals surface area contributed by atoms with Crippen molar-refractivity contribution in [2.75, 3.05) is 11.9 Å². The van der Waals surface area contributed by atoms with Crippen LogP contribution in [0, 0.1) is 0 Å². The SMILES string of the molecule is O=C(CCc1ccccc1)Nc1cncc2c1CCN(Cc1ccccc1)C2. The first kappa shape index (κ1) is 18.4. The number of aromatic nitrogens is 1. The third-order valence-corrected chi connectivity index (χ3v) is 5.23. The molecule has 0 fully saturated rings. The van der Waals surface area contributed by atoms with Gasteiger partial charge in [0.25, 0.3) is 0 Å².